The molecular formula is C21H38O4Si. The molecule has 4 nitrogen and oxygen atoms in total. The summed E-state index contributed by atoms with van der Waals surface area (Å²) in [6.45, 7) is 14.9. The zero-order valence-electron chi connectivity index (χ0n) is 17.6. The lowest BCUT2D eigenvalue weighted by Gasteiger charge is -2.43. The fourth-order valence-electron chi connectivity index (χ4n) is 4.03. The standard InChI is InChI=1S/C21H38O4Si/c1-16(2)26(17(3)4,18(5)6)25-15-21(12-13-22)24-14-19-8-10-20(23-7)11-9-19/h8-11,16-18,21-22H,12-15H2,1-7H3. The van der Waals surface area contributed by atoms with E-state index in [1.54, 1.807) is 7.11 Å². The van der Waals surface area contributed by atoms with Crippen LogP contribution in [-0.2, 0) is 15.8 Å². The van der Waals surface area contributed by atoms with E-state index in [1.165, 1.54) is 0 Å². The van der Waals surface area contributed by atoms with Gasteiger partial charge in [0.15, 0.2) is 8.32 Å². The first kappa shape index (κ1) is 23.2. The van der Waals surface area contributed by atoms with E-state index in [4.69, 9.17) is 13.9 Å². The van der Waals surface area contributed by atoms with Gasteiger partial charge in [-0.05, 0) is 40.7 Å². The molecule has 0 aliphatic rings. The van der Waals surface area contributed by atoms with E-state index in [2.05, 4.69) is 41.5 Å². The molecule has 1 aromatic carbocycles. The molecule has 0 bridgehead atoms. The Morgan fingerprint density at radius 3 is 1.88 bits per heavy atom. The lowest BCUT2D eigenvalue weighted by Crippen LogP contribution is -2.49. The normalized spacial score (nSPS) is 13.7. The summed E-state index contributed by atoms with van der Waals surface area (Å²) in [7, 11) is -0.257. The topological polar surface area (TPSA) is 47.9 Å². The molecule has 0 saturated carbocycles. The van der Waals surface area contributed by atoms with Crippen molar-refractivity contribution in [3.05, 3.63) is 29.8 Å². The molecule has 150 valence electrons. The van der Waals surface area contributed by atoms with Gasteiger partial charge in [-0.15, -0.1) is 0 Å². The average Bonchev–Trinajstić information content (AvgIpc) is 2.59. The Hall–Kier alpha value is -0.883. The summed E-state index contributed by atoms with van der Waals surface area (Å²) in [6.07, 6.45) is 0.500. The maximum Gasteiger partial charge on any atom is 0.200 e. The van der Waals surface area contributed by atoms with Gasteiger partial charge in [0.1, 0.15) is 5.75 Å². The van der Waals surface area contributed by atoms with Gasteiger partial charge in [-0.3, -0.25) is 0 Å². The van der Waals surface area contributed by atoms with Crippen LogP contribution in [0.4, 0.5) is 0 Å². The highest BCUT2D eigenvalue weighted by molar-refractivity contribution is 6.77. The van der Waals surface area contributed by atoms with Crippen LogP contribution in [-0.4, -0.2) is 39.9 Å². The Labute approximate surface area is 161 Å². The highest BCUT2D eigenvalue weighted by atomic mass is 28.4. The lowest BCUT2D eigenvalue weighted by atomic mass is 10.2. The number of methoxy groups -OCH3 is 1. The molecular weight excluding hydrogens is 344 g/mol. The van der Waals surface area contributed by atoms with Crippen LogP contribution in [0.2, 0.25) is 16.6 Å². The van der Waals surface area contributed by atoms with E-state index in [9.17, 15) is 5.11 Å². The molecule has 0 amide bonds. The molecule has 0 spiro atoms. The summed E-state index contributed by atoms with van der Waals surface area (Å²) in [5.41, 5.74) is 2.71. The van der Waals surface area contributed by atoms with Crippen LogP contribution in [0.25, 0.3) is 0 Å². The third kappa shape index (κ3) is 6.08. The van der Waals surface area contributed by atoms with E-state index < -0.39 is 8.32 Å². The molecule has 0 aliphatic carbocycles. The molecule has 0 radical (unpaired) electrons. The third-order valence-electron chi connectivity index (χ3n) is 5.32. The maximum absolute atomic E-state index is 9.42. The van der Waals surface area contributed by atoms with Crippen LogP contribution in [0.1, 0.15) is 53.5 Å². The minimum atomic E-state index is -1.92. The summed E-state index contributed by atoms with van der Waals surface area (Å²) in [5.74, 6) is 0.838. The maximum atomic E-state index is 9.42. The summed E-state index contributed by atoms with van der Waals surface area (Å²) in [5, 5.41) is 9.42. The Bertz CT molecular complexity index is 477. The fourth-order valence-corrected chi connectivity index (χ4v) is 9.51. The predicted octanol–water partition coefficient (Wildman–Crippen LogP) is 5.15. The van der Waals surface area contributed by atoms with E-state index in [0.717, 1.165) is 11.3 Å². The molecule has 1 atom stereocenters. The largest absolute Gasteiger partial charge is 0.497 e. The minimum Gasteiger partial charge on any atom is -0.497 e. The van der Waals surface area contributed by atoms with E-state index in [1.807, 2.05) is 24.3 Å². The van der Waals surface area contributed by atoms with Gasteiger partial charge in [0.25, 0.3) is 0 Å². The summed E-state index contributed by atoms with van der Waals surface area (Å²) in [6, 6.07) is 7.88. The second-order valence-electron chi connectivity index (χ2n) is 7.92. The first-order chi connectivity index (χ1) is 12.3. The summed E-state index contributed by atoms with van der Waals surface area (Å²) >= 11 is 0. The monoisotopic (exact) mass is 382 g/mol. The van der Waals surface area contributed by atoms with Crippen molar-refractivity contribution in [3.8, 4) is 5.75 Å². The second kappa shape index (κ2) is 11.1. The van der Waals surface area contributed by atoms with Crippen molar-refractivity contribution >= 4 is 8.32 Å². The molecule has 5 heteroatoms. The fraction of sp³-hybridized carbons (Fsp3) is 0.714. The van der Waals surface area contributed by atoms with Gasteiger partial charge in [0.05, 0.1) is 26.4 Å². The van der Waals surface area contributed by atoms with Crippen molar-refractivity contribution in [2.75, 3.05) is 20.3 Å². The van der Waals surface area contributed by atoms with Crippen LogP contribution in [0.15, 0.2) is 24.3 Å². The number of hydrogen-bond donors (Lipinski definition) is 1. The van der Waals surface area contributed by atoms with Crippen molar-refractivity contribution in [2.24, 2.45) is 0 Å². The number of benzene rings is 1. The van der Waals surface area contributed by atoms with E-state index >= 15 is 0 Å². The highest BCUT2D eigenvalue weighted by Gasteiger charge is 2.45. The number of hydrogen-bond acceptors (Lipinski definition) is 4. The predicted molar refractivity (Wildman–Crippen MR) is 110 cm³/mol. The molecule has 26 heavy (non-hydrogen) atoms. The van der Waals surface area contributed by atoms with Crippen LogP contribution < -0.4 is 4.74 Å². The zero-order valence-corrected chi connectivity index (χ0v) is 18.6. The summed E-state index contributed by atoms with van der Waals surface area (Å²) < 4.78 is 17.9. The van der Waals surface area contributed by atoms with Gasteiger partial charge >= 0.3 is 0 Å². The molecule has 0 aromatic heterocycles. The van der Waals surface area contributed by atoms with Crippen molar-refractivity contribution in [3.63, 3.8) is 0 Å². The quantitative estimate of drug-likeness (QED) is 0.508. The van der Waals surface area contributed by atoms with Crippen LogP contribution in [0.3, 0.4) is 0 Å². The van der Waals surface area contributed by atoms with Gasteiger partial charge in [-0.1, -0.05) is 53.7 Å². The van der Waals surface area contributed by atoms with Crippen molar-refractivity contribution in [2.45, 2.75) is 77.3 Å². The number of aliphatic hydroxyl groups excluding tert-OH is 1. The number of ether oxygens (including phenoxy) is 2. The van der Waals surface area contributed by atoms with Crippen molar-refractivity contribution in [1.29, 1.82) is 0 Å². The Morgan fingerprint density at radius 2 is 1.46 bits per heavy atom. The summed E-state index contributed by atoms with van der Waals surface area (Å²) in [4.78, 5) is 0. The van der Waals surface area contributed by atoms with Gasteiger partial charge in [-0.2, -0.15) is 0 Å². The van der Waals surface area contributed by atoms with E-state index in [0.29, 0.717) is 36.3 Å². The van der Waals surface area contributed by atoms with E-state index in [-0.39, 0.29) is 12.7 Å². The van der Waals surface area contributed by atoms with Gasteiger partial charge in [-0.25, -0.2) is 0 Å². The van der Waals surface area contributed by atoms with Gasteiger partial charge in [0.2, 0.25) is 0 Å². The average molecular weight is 383 g/mol. The minimum absolute atomic E-state index is 0.0924. The Kier molecular flexibility index (Phi) is 9.86. The van der Waals surface area contributed by atoms with Crippen LogP contribution in [0.5, 0.6) is 5.75 Å². The number of rotatable bonds is 12. The van der Waals surface area contributed by atoms with Crippen molar-refractivity contribution in [1.82, 2.24) is 0 Å². The molecule has 0 saturated heterocycles. The van der Waals surface area contributed by atoms with Crippen LogP contribution in [0, 0.1) is 0 Å². The first-order valence-electron chi connectivity index (χ1n) is 9.77. The molecule has 1 rings (SSSR count). The smallest absolute Gasteiger partial charge is 0.200 e. The highest BCUT2D eigenvalue weighted by Crippen LogP contribution is 2.42. The van der Waals surface area contributed by atoms with Crippen molar-refractivity contribution < 1.29 is 19.0 Å². The van der Waals surface area contributed by atoms with Gasteiger partial charge in [0, 0.05) is 6.61 Å². The first-order valence-corrected chi connectivity index (χ1v) is 11.9. The molecule has 1 aromatic rings. The Balaban J connectivity index is 2.73. The lowest BCUT2D eigenvalue weighted by molar-refractivity contribution is -0.00808. The van der Waals surface area contributed by atoms with Gasteiger partial charge < -0.3 is 19.0 Å². The molecule has 0 fully saturated rings. The SMILES string of the molecule is COc1ccc(COC(CCO)CO[Si](C(C)C)(C(C)C)C(C)C)cc1. The Morgan fingerprint density at radius 1 is 0.923 bits per heavy atom. The third-order valence-corrected chi connectivity index (χ3v) is 11.4. The number of aliphatic hydroxyl groups is 1. The van der Waals surface area contributed by atoms with Crippen LogP contribution >= 0.6 is 0 Å². The molecule has 0 heterocycles. The second-order valence-corrected chi connectivity index (χ2v) is 13.4. The molecule has 1 unspecified atom stereocenters. The zero-order chi connectivity index (χ0) is 19.7. The molecule has 1 N–H and O–H groups in total. The molecule has 0 aliphatic heterocycles.